The summed E-state index contributed by atoms with van der Waals surface area (Å²) in [7, 11) is 0. The Hall–Kier alpha value is -3.41. The highest BCUT2D eigenvalue weighted by atomic mass is 16.5. The second-order valence-corrected chi connectivity index (χ2v) is 5.66. The molecule has 0 aliphatic heterocycles. The first-order valence-corrected chi connectivity index (χ1v) is 8.13. The first-order chi connectivity index (χ1) is 12.6. The number of benzene rings is 2. The number of hydrogen-bond donors (Lipinski definition) is 1. The lowest BCUT2D eigenvalue weighted by molar-refractivity contribution is -0.143. The van der Waals surface area contributed by atoms with Crippen LogP contribution in [0.25, 0.3) is 11.0 Å². The number of carbonyl (C=O) groups is 1. The van der Waals surface area contributed by atoms with Crippen LogP contribution in [0.4, 0.5) is 0 Å². The van der Waals surface area contributed by atoms with Crippen molar-refractivity contribution < 1.29 is 13.9 Å². The average molecular weight is 350 g/mol. The highest BCUT2D eigenvalue weighted by Crippen LogP contribution is 2.12. The van der Waals surface area contributed by atoms with E-state index in [1.165, 1.54) is 0 Å². The summed E-state index contributed by atoms with van der Waals surface area (Å²) in [6, 6.07) is 18.4. The number of fused-ring (bicyclic) bond motifs is 1. The Bertz CT molecular complexity index is 993. The number of carbonyl (C=O) groups excluding carboxylic acids is 1. The van der Waals surface area contributed by atoms with Crippen LogP contribution in [0.3, 0.4) is 0 Å². The minimum atomic E-state index is -0.474. The van der Waals surface area contributed by atoms with Crippen molar-refractivity contribution in [3.05, 3.63) is 82.2 Å². The van der Waals surface area contributed by atoms with Crippen LogP contribution in [0, 0.1) is 0 Å². The molecule has 0 fully saturated rings. The molecular weight excluding hydrogens is 332 g/mol. The highest BCUT2D eigenvalue weighted by molar-refractivity contribution is 6.00. The highest BCUT2D eigenvalue weighted by Gasteiger charge is 2.08. The fourth-order valence-corrected chi connectivity index (χ4v) is 2.39. The molecule has 0 radical (unpaired) electrons. The summed E-state index contributed by atoms with van der Waals surface area (Å²) < 4.78 is 10.4. The van der Waals surface area contributed by atoms with Gasteiger partial charge in [0.05, 0.1) is 11.3 Å². The molecule has 0 aliphatic carbocycles. The summed E-state index contributed by atoms with van der Waals surface area (Å²) in [6.07, 6.45) is 0. The quantitative estimate of drug-likeness (QED) is 0.320. The molecule has 132 valence electrons. The minimum absolute atomic E-state index is 0.0942. The van der Waals surface area contributed by atoms with E-state index in [-0.39, 0.29) is 13.2 Å². The summed E-state index contributed by atoms with van der Waals surface area (Å²) in [4.78, 5) is 23.8. The molecule has 1 N–H and O–H groups in total. The van der Waals surface area contributed by atoms with Crippen molar-refractivity contribution in [1.82, 2.24) is 5.43 Å². The van der Waals surface area contributed by atoms with E-state index in [0.29, 0.717) is 16.9 Å². The molecule has 1 aromatic heterocycles. The lowest BCUT2D eigenvalue weighted by atomic mass is 10.1. The van der Waals surface area contributed by atoms with E-state index in [0.717, 1.165) is 10.9 Å². The van der Waals surface area contributed by atoms with E-state index in [4.69, 9.17) is 9.15 Å². The molecule has 2 aromatic carbocycles. The molecule has 26 heavy (non-hydrogen) atoms. The van der Waals surface area contributed by atoms with Crippen molar-refractivity contribution in [2.45, 2.75) is 13.5 Å². The maximum Gasteiger partial charge on any atom is 0.345 e. The normalized spacial score (nSPS) is 11.3. The summed E-state index contributed by atoms with van der Waals surface area (Å²) >= 11 is 0. The molecule has 6 nitrogen and oxygen atoms in total. The van der Waals surface area contributed by atoms with Crippen molar-refractivity contribution >= 4 is 22.7 Å². The smallest absolute Gasteiger partial charge is 0.345 e. The van der Waals surface area contributed by atoms with Gasteiger partial charge in [-0.05, 0) is 24.6 Å². The number of ether oxygens (including phenoxy) is 1. The van der Waals surface area contributed by atoms with Gasteiger partial charge >= 0.3 is 11.6 Å². The zero-order chi connectivity index (χ0) is 18.4. The maximum absolute atomic E-state index is 12.1. The lowest BCUT2D eigenvalue weighted by Gasteiger charge is -2.06. The summed E-state index contributed by atoms with van der Waals surface area (Å²) in [5.74, 6) is -0.434. The first-order valence-electron chi connectivity index (χ1n) is 8.13. The van der Waals surface area contributed by atoms with Gasteiger partial charge in [0.25, 0.3) is 0 Å². The molecule has 6 heteroatoms. The monoisotopic (exact) mass is 350 g/mol. The SMILES string of the molecule is C/C(=N\NCC(=O)OCc1ccccc1)c1cc2ccccc2oc1=O. The van der Waals surface area contributed by atoms with E-state index < -0.39 is 11.6 Å². The van der Waals surface area contributed by atoms with Crippen molar-refractivity contribution in [2.75, 3.05) is 6.54 Å². The van der Waals surface area contributed by atoms with Crippen LogP contribution in [-0.2, 0) is 16.1 Å². The van der Waals surface area contributed by atoms with Gasteiger partial charge in [-0.3, -0.25) is 10.2 Å². The van der Waals surface area contributed by atoms with Gasteiger partial charge in [-0.25, -0.2) is 4.79 Å². The third kappa shape index (κ3) is 4.36. The molecule has 0 spiro atoms. The van der Waals surface area contributed by atoms with Gasteiger partial charge in [-0.15, -0.1) is 0 Å². The number of esters is 1. The van der Waals surface area contributed by atoms with Crippen LogP contribution in [0.2, 0.25) is 0 Å². The van der Waals surface area contributed by atoms with E-state index in [2.05, 4.69) is 10.5 Å². The standard InChI is InChI=1S/C20H18N2O4/c1-14(17-11-16-9-5-6-10-18(16)26-20(17)24)22-21-12-19(23)25-13-15-7-3-2-4-8-15/h2-11,21H,12-13H2,1H3/b22-14+. The predicted octanol–water partition coefficient (Wildman–Crippen LogP) is 2.85. The molecular formula is C20H18N2O4. The summed E-state index contributed by atoms with van der Waals surface area (Å²) in [6.45, 7) is 1.78. The van der Waals surface area contributed by atoms with Gasteiger partial charge in [-0.2, -0.15) is 5.10 Å². The first kappa shape index (κ1) is 17.4. The van der Waals surface area contributed by atoms with Crippen LogP contribution in [0.5, 0.6) is 0 Å². The predicted molar refractivity (Wildman–Crippen MR) is 98.9 cm³/mol. The molecule has 0 saturated carbocycles. The molecule has 3 rings (SSSR count). The van der Waals surface area contributed by atoms with Crippen LogP contribution in [0.15, 0.2) is 75.0 Å². The largest absolute Gasteiger partial charge is 0.459 e. The summed E-state index contributed by atoms with van der Waals surface area (Å²) in [5, 5.41) is 4.87. The molecule has 0 unspecified atom stereocenters. The molecule has 0 aliphatic rings. The van der Waals surface area contributed by atoms with Gasteiger partial charge in [0.2, 0.25) is 0 Å². The average Bonchev–Trinajstić information content (AvgIpc) is 2.66. The summed E-state index contributed by atoms with van der Waals surface area (Å²) in [5.41, 5.74) is 4.36. The van der Waals surface area contributed by atoms with Crippen molar-refractivity contribution in [2.24, 2.45) is 5.10 Å². The second-order valence-electron chi connectivity index (χ2n) is 5.66. The topological polar surface area (TPSA) is 80.9 Å². The lowest BCUT2D eigenvalue weighted by Crippen LogP contribution is -2.23. The van der Waals surface area contributed by atoms with Crippen LogP contribution in [-0.4, -0.2) is 18.2 Å². The Morgan fingerprint density at radius 1 is 1.12 bits per heavy atom. The van der Waals surface area contributed by atoms with Crippen LogP contribution < -0.4 is 11.1 Å². The Morgan fingerprint density at radius 2 is 1.85 bits per heavy atom. The van der Waals surface area contributed by atoms with Gasteiger partial charge < -0.3 is 9.15 Å². The van der Waals surface area contributed by atoms with E-state index >= 15 is 0 Å². The third-order valence-electron chi connectivity index (χ3n) is 3.74. The number of hydrogen-bond acceptors (Lipinski definition) is 6. The fraction of sp³-hybridized carbons (Fsp3) is 0.150. The zero-order valence-electron chi connectivity index (χ0n) is 14.3. The van der Waals surface area contributed by atoms with E-state index in [1.54, 1.807) is 25.1 Å². The Balaban J connectivity index is 1.59. The molecule has 0 saturated heterocycles. The van der Waals surface area contributed by atoms with E-state index in [1.807, 2.05) is 42.5 Å². The van der Waals surface area contributed by atoms with Gasteiger partial charge in [-0.1, -0.05) is 48.5 Å². The van der Waals surface area contributed by atoms with Crippen molar-refractivity contribution in [3.8, 4) is 0 Å². The minimum Gasteiger partial charge on any atom is -0.459 e. The van der Waals surface area contributed by atoms with Gasteiger partial charge in [0.15, 0.2) is 0 Å². The Kier molecular flexibility index (Phi) is 5.43. The third-order valence-corrected chi connectivity index (χ3v) is 3.74. The van der Waals surface area contributed by atoms with Gasteiger partial charge in [0, 0.05) is 5.39 Å². The van der Waals surface area contributed by atoms with Crippen molar-refractivity contribution in [1.29, 1.82) is 0 Å². The molecule has 0 bridgehead atoms. The molecule has 1 heterocycles. The second kappa shape index (κ2) is 8.11. The Labute approximate surface area is 150 Å². The fourth-order valence-electron chi connectivity index (χ4n) is 2.39. The maximum atomic E-state index is 12.1. The Morgan fingerprint density at radius 3 is 2.65 bits per heavy atom. The number of nitrogens with one attached hydrogen (secondary N) is 1. The number of rotatable bonds is 6. The molecule has 3 aromatic rings. The van der Waals surface area contributed by atoms with Crippen molar-refractivity contribution in [3.63, 3.8) is 0 Å². The molecule has 0 atom stereocenters. The number of para-hydroxylation sites is 1. The van der Waals surface area contributed by atoms with E-state index in [9.17, 15) is 9.59 Å². The van der Waals surface area contributed by atoms with Gasteiger partial charge in [0.1, 0.15) is 18.7 Å². The zero-order valence-corrected chi connectivity index (χ0v) is 14.3. The number of nitrogens with zero attached hydrogens (tertiary/aromatic N) is 1. The van der Waals surface area contributed by atoms with Crippen LogP contribution in [0.1, 0.15) is 18.1 Å². The molecule has 0 amide bonds. The number of hydrazone groups is 1. The van der Waals surface area contributed by atoms with Crippen LogP contribution >= 0.6 is 0 Å².